The van der Waals surface area contributed by atoms with E-state index in [4.69, 9.17) is 10.5 Å². The quantitative estimate of drug-likeness (QED) is 0.824. The Kier molecular flexibility index (Phi) is 5.48. The van der Waals surface area contributed by atoms with Gasteiger partial charge in [-0.05, 0) is 43.1 Å². The van der Waals surface area contributed by atoms with Crippen molar-refractivity contribution in [1.29, 1.82) is 0 Å². The molecule has 1 aromatic carbocycles. The molecule has 0 radical (unpaired) electrons. The fraction of sp³-hybridized carbons (Fsp3) is 0.316. The summed E-state index contributed by atoms with van der Waals surface area (Å²) in [5.41, 5.74) is 7.64. The van der Waals surface area contributed by atoms with Crippen LogP contribution in [0, 0.1) is 0 Å². The van der Waals surface area contributed by atoms with Crippen molar-refractivity contribution >= 4 is 17.5 Å². The number of nitrogens with one attached hydrogen (secondary N) is 1. The van der Waals surface area contributed by atoms with Gasteiger partial charge in [-0.3, -0.25) is 14.5 Å². The van der Waals surface area contributed by atoms with E-state index in [-0.39, 0.29) is 17.9 Å². The molecule has 2 aromatic rings. The van der Waals surface area contributed by atoms with Gasteiger partial charge in [0.05, 0.1) is 25.0 Å². The molecule has 0 aliphatic carbocycles. The van der Waals surface area contributed by atoms with Crippen molar-refractivity contribution < 1.29 is 14.3 Å². The molecule has 1 saturated heterocycles. The normalized spacial score (nSPS) is 17.0. The van der Waals surface area contributed by atoms with Gasteiger partial charge in [0.15, 0.2) is 0 Å². The molecule has 0 unspecified atom stereocenters. The fourth-order valence-electron chi connectivity index (χ4n) is 3.11. The highest BCUT2D eigenvalue weighted by atomic mass is 16.5. The highest BCUT2D eigenvalue weighted by Crippen LogP contribution is 2.20. The first-order chi connectivity index (χ1) is 12.6. The second kappa shape index (κ2) is 7.97. The average molecular weight is 354 g/mol. The van der Waals surface area contributed by atoms with Crippen LogP contribution in [-0.2, 0) is 11.3 Å². The standard InChI is InChI=1S/C19H22N4O3/c1-26-17-9-8-15(11-21-17)22-19(25)14-6-4-13(5-7-14)12-23-10-2-3-16(23)18(20)24/h4-9,11,16H,2-3,10,12H2,1H3,(H2,20,24)(H,22,25)/t16-/m1/s1. The third kappa shape index (κ3) is 4.18. The topological polar surface area (TPSA) is 97.5 Å². The minimum absolute atomic E-state index is 0.194. The summed E-state index contributed by atoms with van der Waals surface area (Å²) in [4.78, 5) is 29.9. The molecule has 7 heteroatoms. The van der Waals surface area contributed by atoms with Gasteiger partial charge >= 0.3 is 0 Å². The molecular weight excluding hydrogens is 332 g/mol. The van der Waals surface area contributed by atoms with Crippen LogP contribution in [0.5, 0.6) is 5.88 Å². The Morgan fingerprint density at radius 1 is 1.27 bits per heavy atom. The number of hydrogen-bond donors (Lipinski definition) is 2. The largest absolute Gasteiger partial charge is 0.481 e. The van der Waals surface area contributed by atoms with Crippen LogP contribution in [0.25, 0.3) is 0 Å². The molecule has 1 atom stereocenters. The molecule has 2 amide bonds. The summed E-state index contributed by atoms with van der Waals surface area (Å²) in [6, 6.07) is 10.6. The van der Waals surface area contributed by atoms with Crippen molar-refractivity contribution in [3.05, 3.63) is 53.7 Å². The summed E-state index contributed by atoms with van der Waals surface area (Å²) in [6.45, 7) is 1.51. The summed E-state index contributed by atoms with van der Waals surface area (Å²) in [6.07, 6.45) is 3.33. The second-order valence-electron chi connectivity index (χ2n) is 6.27. The third-order valence-corrected chi connectivity index (χ3v) is 4.50. The lowest BCUT2D eigenvalue weighted by atomic mass is 10.1. The Bertz CT molecular complexity index is 774. The highest BCUT2D eigenvalue weighted by Gasteiger charge is 2.28. The summed E-state index contributed by atoms with van der Waals surface area (Å²) in [5, 5.41) is 2.80. The van der Waals surface area contributed by atoms with E-state index >= 15 is 0 Å². The number of carbonyl (C=O) groups excluding carboxylic acids is 2. The number of hydrogen-bond acceptors (Lipinski definition) is 5. The van der Waals surface area contributed by atoms with Gasteiger partial charge in [-0.25, -0.2) is 4.98 Å². The summed E-state index contributed by atoms with van der Waals surface area (Å²) in [7, 11) is 1.54. The van der Waals surface area contributed by atoms with Gasteiger partial charge in [-0.15, -0.1) is 0 Å². The lowest BCUT2D eigenvalue weighted by Gasteiger charge is -2.21. The average Bonchev–Trinajstić information content (AvgIpc) is 3.11. The van der Waals surface area contributed by atoms with Crippen LogP contribution in [0.4, 0.5) is 5.69 Å². The Balaban J connectivity index is 1.61. The highest BCUT2D eigenvalue weighted by molar-refractivity contribution is 6.04. The van der Waals surface area contributed by atoms with Crippen molar-refractivity contribution in [3.63, 3.8) is 0 Å². The summed E-state index contributed by atoms with van der Waals surface area (Å²) in [5.74, 6) is 0.00910. The summed E-state index contributed by atoms with van der Waals surface area (Å²) < 4.78 is 4.99. The monoisotopic (exact) mass is 354 g/mol. The molecule has 0 bridgehead atoms. The number of amides is 2. The van der Waals surface area contributed by atoms with Gasteiger partial charge in [0.1, 0.15) is 0 Å². The van der Waals surface area contributed by atoms with Crippen LogP contribution < -0.4 is 15.8 Å². The zero-order valence-corrected chi connectivity index (χ0v) is 14.6. The van der Waals surface area contributed by atoms with Gasteiger partial charge in [0.25, 0.3) is 5.91 Å². The van der Waals surface area contributed by atoms with Crippen LogP contribution in [0.1, 0.15) is 28.8 Å². The number of rotatable bonds is 6. The van der Waals surface area contributed by atoms with Crippen molar-refractivity contribution in [2.75, 3.05) is 19.0 Å². The van der Waals surface area contributed by atoms with E-state index in [1.54, 1.807) is 30.5 Å². The van der Waals surface area contributed by atoms with Crippen molar-refractivity contribution in [3.8, 4) is 5.88 Å². The number of carbonyl (C=O) groups is 2. The zero-order chi connectivity index (χ0) is 18.5. The number of nitrogens with zero attached hydrogens (tertiary/aromatic N) is 2. The van der Waals surface area contributed by atoms with E-state index in [0.29, 0.717) is 23.7 Å². The first kappa shape index (κ1) is 17.9. The molecule has 1 aromatic heterocycles. The molecule has 1 fully saturated rings. The number of primary amides is 1. The Morgan fingerprint density at radius 2 is 2.04 bits per heavy atom. The third-order valence-electron chi connectivity index (χ3n) is 4.50. The van der Waals surface area contributed by atoms with E-state index < -0.39 is 0 Å². The smallest absolute Gasteiger partial charge is 0.255 e. The van der Waals surface area contributed by atoms with E-state index in [9.17, 15) is 9.59 Å². The Hall–Kier alpha value is -2.93. The van der Waals surface area contributed by atoms with E-state index in [2.05, 4.69) is 15.2 Å². The minimum atomic E-state index is -0.272. The molecule has 7 nitrogen and oxygen atoms in total. The summed E-state index contributed by atoms with van der Waals surface area (Å²) >= 11 is 0. The molecule has 1 aliphatic heterocycles. The lowest BCUT2D eigenvalue weighted by molar-refractivity contribution is -0.122. The van der Waals surface area contributed by atoms with Crippen LogP contribution in [0.15, 0.2) is 42.6 Å². The van der Waals surface area contributed by atoms with Gasteiger partial charge < -0.3 is 15.8 Å². The number of pyridine rings is 1. The molecule has 0 spiro atoms. The Labute approximate surface area is 152 Å². The molecule has 0 saturated carbocycles. The van der Waals surface area contributed by atoms with Crippen LogP contribution >= 0.6 is 0 Å². The van der Waals surface area contributed by atoms with Gasteiger partial charge in [0.2, 0.25) is 11.8 Å². The van der Waals surface area contributed by atoms with Crippen LogP contribution in [-0.4, -0.2) is 41.4 Å². The van der Waals surface area contributed by atoms with Crippen molar-refractivity contribution in [2.24, 2.45) is 5.73 Å². The second-order valence-corrected chi connectivity index (χ2v) is 6.27. The van der Waals surface area contributed by atoms with Crippen LogP contribution in [0.2, 0.25) is 0 Å². The molecule has 26 heavy (non-hydrogen) atoms. The molecule has 3 rings (SSSR count). The molecule has 1 aliphatic rings. The van der Waals surface area contributed by atoms with Crippen LogP contribution in [0.3, 0.4) is 0 Å². The van der Waals surface area contributed by atoms with E-state index in [0.717, 1.165) is 24.9 Å². The molecule has 3 N–H and O–H groups in total. The molecular formula is C19H22N4O3. The number of anilines is 1. The van der Waals surface area contributed by atoms with Crippen molar-refractivity contribution in [1.82, 2.24) is 9.88 Å². The molecule has 2 heterocycles. The number of methoxy groups -OCH3 is 1. The van der Waals surface area contributed by atoms with Crippen molar-refractivity contribution in [2.45, 2.75) is 25.4 Å². The maximum Gasteiger partial charge on any atom is 0.255 e. The lowest BCUT2D eigenvalue weighted by Crippen LogP contribution is -2.39. The minimum Gasteiger partial charge on any atom is -0.481 e. The maximum absolute atomic E-state index is 12.3. The maximum atomic E-state index is 12.3. The predicted octanol–water partition coefficient (Wildman–Crippen LogP) is 1.79. The van der Waals surface area contributed by atoms with Gasteiger partial charge in [0, 0.05) is 18.2 Å². The Morgan fingerprint density at radius 3 is 2.65 bits per heavy atom. The van der Waals surface area contributed by atoms with E-state index in [1.807, 2.05) is 12.1 Å². The fourth-order valence-corrected chi connectivity index (χ4v) is 3.11. The first-order valence-electron chi connectivity index (χ1n) is 8.50. The van der Waals surface area contributed by atoms with Gasteiger partial charge in [-0.1, -0.05) is 12.1 Å². The number of benzene rings is 1. The first-order valence-corrected chi connectivity index (χ1v) is 8.50. The number of likely N-dealkylation sites (tertiary alicyclic amines) is 1. The number of ether oxygens (including phenoxy) is 1. The SMILES string of the molecule is COc1ccc(NC(=O)c2ccc(CN3CCC[C@@H]3C(N)=O)cc2)cn1. The molecule has 136 valence electrons. The predicted molar refractivity (Wildman–Crippen MR) is 97.8 cm³/mol. The zero-order valence-electron chi connectivity index (χ0n) is 14.6. The number of nitrogens with two attached hydrogens (primary N) is 1. The number of aromatic nitrogens is 1. The van der Waals surface area contributed by atoms with E-state index in [1.165, 1.54) is 7.11 Å². The van der Waals surface area contributed by atoms with Gasteiger partial charge in [-0.2, -0.15) is 0 Å².